The molecule has 0 amide bonds. The van der Waals surface area contributed by atoms with Crippen LogP contribution in [0.4, 0.5) is 92.2 Å². The Hall–Kier alpha value is -2.61. The highest BCUT2D eigenvalue weighted by molar-refractivity contribution is 5.82. The summed E-state index contributed by atoms with van der Waals surface area (Å²) in [5.74, 6) is -45.3. The van der Waals surface area contributed by atoms with Crippen molar-refractivity contribution in [3.05, 3.63) is 0 Å². The van der Waals surface area contributed by atoms with Crippen molar-refractivity contribution in [2.45, 2.75) is 67.1 Å². The second kappa shape index (κ2) is 10.0. The fraction of sp³-hybridized carbons (Fsp3) is 0.846. The van der Waals surface area contributed by atoms with Crippen LogP contribution >= 0.6 is 0 Å². The summed E-state index contributed by atoms with van der Waals surface area (Å²) in [4.78, 5) is 26.3. The first-order valence-corrected chi connectivity index (χ1v) is 8.27. The quantitative estimate of drug-likeness (QED) is 0.169. The van der Waals surface area contributed by atoms with Crippen molar-refractivity contribution < 1.29 is 121 Å². The lowest BCUT2D eigenvalue weighted by Gasteiger charge is -2.34. The van der Waals surface area contributed by atoms with Crippen LogP contribution in [0.15, 0.2) is 0 Å². The number of hydrogen-bond donors (Lipinski definition) is 0. The van der Waals surface area contributed by atoms with Crippen molar-refractivity contribution in [3.63, 3.8) is 0 Å². The van der Waals surface area contributed by atoms with Crippen LogP contribution in [0.5, 0.6) is 0 Å². The molecule has 0 spiro atoms. The molecule has 0 fully saturated rings. The first-order chi connectivity index (χ1) is 17.0. The van der Waals surface area contributed by atoms with E-state index < -0.39 is 79.1 Å². The zero-order valence-electron chi connectivity index (χ0n) is 17.4. The van der Waals surface area contributed by atoms with Gasteiger partial charge in [-0.25, -0.2) is 19.4 Å². The lowest BCUT2D eigenvalue weighted by Crippen LogP contribution is -2.63. The summed E-state index contributed by atoms with van der Waals surface area (Å²) in [5, 5.41) is 0. The highest BCUT2D eigenvalue weighted by Crippen LogP contribution is 2.52. The molecule has 40 heavy (non-hydrogen) atoms. The maximum atomic E-state index is 13.9. The summed E-state index contributed by atoms with van der Waals surface area (Å²) in [6, 6.07) is 0. The van der Waals surface area contributed by atoms with E-state index in [9.17, 15) is 102 Å². The predicted octanol–water partition coefficient (Wildman–Crippen LogP) is 6.15. The Morgan fingerprint density at radius 2 is 0.675 bits per heavy atom. The van der Waals surface area contributed by atoms with Gasteiger partial charge in [-0.1, -0.05) is 0 Å². The van der Waals surface area contributed by atoms with E-state index in [1.165, 1.54) is 4.74 Å². The maximum absolute atomic E-state index is 13.9. The number of carbonyl (C=O) groups is 2. The molecule has 0 aromatic rings. The molecule has 0 rings (SSSR count). The normalized spacial score (nSPS) is 18.1. The van der Waals surface area contributed by atoms with Crippen LogP contribution in [0.25, 0.3) is 0 Å². The van der Waals surface area contributed by atoms with Gasteiger partial charge >= 0.3 is 72.2 Å². The number of halogens is 21. The molecule has 0 radical (unpaired) electrons. The summed E-state index contributed by atoms with van der Waals surface area (Å²) in [6.07, 6.45) is -38.1. The molecule has 2 unspecified atom stereocenters. The lowest BCUT2D eigenvalue weighted by atomic mass is 10.1. The summed E-state index contributed by atoms with van der Waals surface area (Å²) in [7, 11) is 0. The molecule has 0 saturated heterocycles. The minimum atomic E-state index is -7.82. The average Bonchev–Trinajstić information content (AvgIpc) is 2.67. The van der Waals surface area contributed by atoms with Gasteiger partial charge in [-0.3, -0.25) is 9.47 Å². The third kappa shape index (κ3) is 6.48. The molecule has 0 saturated carbocycles. The van der Waals surface area contributed by atoms with E-state index in [1.807, 2.05) is 0 Å². The van der Waals surface area contributed by atoms with Crippen LogP contribution in [0.3, 0.4) is 0 Å². The molecule has 0 aromatic heterocycles. The molecule has 0 aromatic carbocycles. The Morgan fingerprint density at radius 3 is 0.875 bits per heavy atom. The molecular weight excluding hydrogens is 651 g/mol. The van der Waals surface area contributed by atoms with Gasteiger partial charge in [-0.2, -0.15) is 92.2 Å². The molecule has 0 bridgehead atoms. The summed E-state index contributed by atoms with van der Waals surface area (Å²) in [5.41, 5.74) is 0. The van der Waals surface area contributed by atoms with Gasteiger partial charge in [0.2, 0.25) is 0 Å². The first kappa shape index (κ1) is 37.4. The second-order valence-corrected chi connectivity index (χ2v) is 6.70. The summed E-state index contributed by atoms with van der Waals surface area (Å²) >= 11 is 0. The van der Waals surface area contributed by atoms with Crippen molar-refractivity contribution in [2.75, 3.05) is 0 Å². The molecule has 0 aliphatic carbocycles. The molecule has 0 aliphatic heterocycles. The largest absolute Gasteiger partial charge is 0.462 e. The van der Waals surface area contributed by atoms with Crippen LogP contribution in [0.2, 0.25) is 0 Å². The van der Waals surface area contributed by atoms with E-state index in [0.29, 0.717) is 0 Å². The SMILES string of the molecule is CC(F)(F)C(F)(F)C(F)(F)OC(F)(C(=O)OOC(=O)C(F)(OC(F)(F)C(F)(F)C(F)(F)F)C(F)(F)F)C(F)(F)F. The number of carbonyl (C=O) groups excluding carboxylic acids is 2. The molecular formula is C13H3F21O6. The fourth-order valence-electron chi connectivity index (χ4n) is 1.52. The van der Waals surface area contributed by atoms with Gasteiger partial charge < -0.3 is 0 Å². The van der Waals surface area contributed by atoms with Gasteiger partial charge in [0.25, 0.3) is 0 Å². The second-order valence-electron chi connectivity index (χ2n) is 6.70. The van der Waals surface area contributed by atoms with E-state index >= 15 is 0 Å². The highest BCUT2D eigenvalue weighted by atomic mass is 19.4. The Balaban J connectivity index is 6.39. The van der Waals surface area contributed by atoms with E-state index in [-0.39, 0.29) is 0 Å². The van der Waals surface area contributed by atoms with E-state index in [4.69, 9.17) is 0 Å². The van der Waals surface area contributed by atoms with Gasteiger partial charge in [0.15, 0.2) is 0 Å². The van der Waals surface area contributed by atoms with Gasteiger partial charge in [0.05, 0.1) is 0 Å². The monoisotopic (exact) mass is 654 g/mol. The fourth-order valence-corrected chi connectivity index (χ4v) is 1.52. The molecule has 27 heteroatoms. The molecule has 2 atom stereocenters. The van der Waals surface area contributed by atoms with Crippen molar-refractivity contribution in [2.24, 2.45) is 0 Å². The number of alkyl halides is 21. The Labute approximate surface area is 201 Å². The third-order valence-corrected chi connectivity index (χ3v) is 3.62. The standard InChI is InChI=1S/C13H3F21O6/c1-4(14,15)7(18,19)12(31,32)39-5(16,9(22,23)24)2(35)37-38-3(36)6(17,10(25,26)27)40-13(33,34)8(20,21)11(28,29)30/h1H3. The lowest BCUT2D eigenvalue weighted by molar-refractivity contribution is -0.479. The number of hydrogen-bond acceptors (Lipinski definition) is 6. The maximum Gasteiger partial charge on any atom is 0.462 e. The number of rotatable bonds is 9. The van der Waals surface area contributed by atoms with Crippen molar-refractivity contribution in [3.8, 4) is 0 Å². The Kier molecular flexibility index (Phi) is 9.38. The molecule has 0 heterocycles. The van der Waals surface area contributed by atoms with Gasteiger partial charge in [0.1, 0.15) is 0 Å². The van der Waals surface area contributed by atoms with E-state index in [2.05, 4.69) is 9.78 Å². The topological polar surface area (TPSA) is 71.1 Å². The Morgan fingerprint density at radius 1 is 0.425 bits per heavy atom. The summed E-state index contributed by atoms with van der Waals surface area (Å²) in [6.45, 7) is -1.14. The first-order valence-electron chi connectivity index (χ1n) is 8.27. The van der Waals surface area contributed by atoms with Crippen LogP contribution in [-0.4, -0.2) is 72.2 Å². The zero-order chi connectivity index (χ0) is 33.0. The summed E-state index contributed by atoms with van der Waals surface area (Å²) < 4.78 is 272. The van der Waals surface area contributed by atoms with Crippen LogP contribution < -0.4 is 0 Å². The van der Waals surface area contributed by atoms with Crippen LogP contribution in [0.1, 0.15) is 6.92 Å². The highest BCUT2D eigenvalue weighted by Gasteiger charge is 2.81. The van der Waals surface area contributed by atoms with Gasteiger partial charge in [-0.15, -0.1) is 0 Å². The van der Waals surface area contributed by atoms with E-state index in [0.717, 1.165) is 0 Å². The molecule has 0 N–H and O–H groups in total. The Bertz CT molecular complexity index is 869. The van der Waals surface area contributed by atoms with Crippen LogP contribution in [0, 0.1) is 0 Å². The molecule has 238 valence electrons. The van der Waals surface area contributed by atoms with Crippen LogP contribution in [-0.2, 0) is 28.8 Å². The van der Waals surface area contributed by atoms with Crippen molar-refractivity contribution in [1.29, 1.82) is 0 Å². The van der Waals surface area contributed by atoms with Gasteiger partial charge in [-0.05, 0) is 0 Å². The predicted molar refractivity (Wildman–Crippen MR) is 70.6 cm³/mol. The zero-order valence-corrected chi connectivity index (χ0v) is 17.4. The minimum Gasteiger partial charge on any atom is -0.260 e. The van der Waals surface area contributed by atoms with Gasteiger partial charge in [0, 0.05) is 6.92 Å². The minimum absolute atomic E-state index is 1.14. The average molecular weight is 654 g/mol. The van der Waals surface area contributed by atoms with Crippen molar-refractivity contribution in [1.82, 2.24) is 0 Å². The van der Waals surface area contributed by atoms with E-state index in [1.54, 1.807) is 4.74 Å². The smallest absolute Gasteiger partial charge is 0.260 e. The molecule has 0 aliphatic rings. The third-order valence-electron chi connectivity index (χ3n) is 3.62. The number of ether oxygens (including phenoxy) is 2. The molecule has 6 nitrogen and oxygen atoms in total. The van der Waals surface area contributed by atoms with Crippen molar-refractivity contribution >= 4 is 11.9 Å².